The van der Waals surface area contributed by atoms with Crippen molar-refractivity contribution in [1.82, 2.24) is 4.98 Å². The molecule has 4 aromatic rings. The van der Waals surface area contributed by atoms with Gasteiger partial charge in [-0.05, 0) is 18.6 Å². The molecular formula is C24H16F3NO. The van der Waals surface area contributed by atoms with Crippen LogP contribution < -0.4 is 0 Å². The average Bonchev–Trinajstić information content (AvgIpc) is 2.72. The molecule has 0 bridgehead atoms. The van der Waals surface area contributed by atoms with Gasteiger partial charge < -0.3 is 0 Å². The van der Waals surface area contributed by atoms with Gasteiger partial charge in [0, 0.05) is 22.2 Å². The zero-order valence-corrected chi connectivity index (χ0v) is 15.5. The van der Waals surface area contributed by atoms with E-state index in [0.717, 1.165) is 6.07 Å². The molecule has 1 heterocycles. The summed E-state index contributed by atoms with van der Waals surface area (Å²) in [4.78, 5) is 17.6. The van der Waals surface area contributed by atoms with E-state index in [1.807, 2.05) is 6.07 Å². The molecule has 0 fully saturated rings. The van der Waals surface area contributed by atoms with E-state index >= 15 is 0 Å². The smallest absolute Gasteiger partial charge is 0.289 e. The van der Waals surface area contributed by atoms with Gasteiger partial charge in [0.1, 0.15) is 0 Å². The van der Waals surface area contributed by atoms with Crippen molar-refractivity contribution in [3.63, 3.8) is 0 Å². The van der Waals surface area contributed by atoms with Gasteiger partial charge in [-0.3, -0.25) is 9.78 Å². The van der Waals surface area contributed by atoms with Crippen LogP contribution in [-0.2, 0) is 6.18 Å². The van der Waals surface area contributed by atoms with Crippen LogP contribution in [0.1, 0.15) is 27.2 Å². The Labute approximate surface area is 165 Å². The van der Waals surface area contributed by atoms with E-state index in [4.69, 9.17) is 0 Å². The van der Waals surface area contributed by atoms with Gasteiger partial charge >= 0.3 is 6.18 Å². The van der Waals surface area contributed by atoms with Crippen LogP contribution in [0.5, 0.6) is 0 Å². The summed E-state index contributed by atoms with van der Waals surface area (Å²) in [6.45, 7) is 1.58. The highest BCUT2D eigenvalue weighted by Crippen LogP contribution is 2.40. The second-order valence-electron chi connectivity index (χ2n) is 6.71. The van der Waals surface area contributed by atoms with Crippen LogP contribution in [0.3, 0.4) is 0 Å². The topological polar surface area (TPSA) is 30.0 Å². The van der Waals surface area contributed by atoms with Gasteiger partial charge in [0.2, 0.25) is 0 Å². The maximum atomic E-state index is 13.6. The molecule has 29 heavy (non-hydrogen) atoms. The lowest BCUT2D eigenvalue weighted by Gasteiger charge is -2.18. The molecule has 0 unspecified atom stereocenters. The van der Waals surface area contributed by atoms with Crippen molar-refractivity contribution in [3.05, 3.63) is 101 Å². The first kappa shape index (κ1) is 18.9. The number of aryl methyl sites for hydroxylation is 1. The summed E-state index contributed by atoms with van der Waals surface area (Å²) in [5.74, 6) is -0.270. The van der Waals surface area contributed by atoms with E-state index in [0.29, 0.717) is 27.6 Å². The predicted molar refractivity (Wildman–Crippen MR) is 107 cm³/mol. The highest BCUT2D eigenvalue weighted by atomic mass is 19.4. The molecule has 0 saturated carbocycles. The van der Waals surface area contributed by atoms with Crippen molar-refractivity contribution in [1.29, 1.82) is 0 Å². The van der Waals surface area contributed by atoms with Crippen molar-refractivity contribution in [3.8, 4) is 11.1 Å². The minimum Gasteiger partial charge on any atom is -0.289 e. The number of hydrogen-bond acceptors (Lipinski definition) is 2. The van der Waals surface area contributed by atoms with Gasteiger partial charge in [0.25, 0.3) is 0 Å². The third-order valence-electron chi connectivity index (χ3n) is 4.83. The normalized spacial score (nSPS) is 11.6. The van der Waals surface area contributed by atoms with Crippen molar-refractivity contribution in [2.24, 2.45) is 0 Å². The fourth-order valence-electron chi connectivity index (χ4n) is 3.55. The first-order chi connectivity index (χ1) is 13.9. The number of para-hydroxylation sites is 1. The number of carbonyl (C=O) groups is 1. The van der Waals surface area contributed by atoms with E-state index in [2.05, 4.69) is 4.98 Å². The Bertz CT molecular complexity index is 1200. The quantitative estimate of drug-likeness (QED) is 0.375. The third kappa shape index (κ3) is 3.40. The SMILES string of the molecule is Cc1nc2c(C(F)(F)F)cccc2c(-c2ccccc2)c1C(=O)c1ccccc1. The zero-order chi connectivity index (χ0) is 20.6. The lowest BCUT2D eigenvalue weighted by Crippen LogP contribution is -2.11. The lowest BCUT2D eigenvalue weighted by atomic mass is 9.89. The first-order valence-electron chi connectivity index (χ1n) is 9.03. The average molecular weight is 391 g/mol. The van der Waals surface area contributed by atoms with E-state index < -0.39 is 11.7 Å². The molecule has 0 aliphatic rings. The number of aromatic nitrogens is 1. The highest BCUT2D eigenvalue weighted by Gasteiger charge is 2.34. The third-order valence-corrected chi connectivity index (χ3v) is 4.83. The summed E-state index contributed by atoms with van der Waals surface area (Å²) in [6, 6.07) is 21.6. The van der Waals surface area contributed by atoms with E-state index in [1.54, 1.807) is 67.6 Å². The fraction of sp³-hybridized carbons (Fsp3) is 0.0833. The minimum absolute atomic E-state index is 0.152. The van der Waals surface area contributed by atoms with Crippen LogP contribution in [0.2, 0.25) is 0 Å². The largest absolute Gasteiger partial charge is 0.418 e. The van der Waals surface area contributed by atoms with Gasteiger partial charge in [-0.1, -0.05) is 72.8 Å². The van der Waals surface area contributed by atoms with Crippen LogP contribution in [-0.4, -0.2) is 10.8 Å². The Kier molecular flexibility index (Phi) is 4.66. The van der Waals surface area contributed by atoms with Crippen molar-refractivity contribution in [2.75, 3.05) is 0 Å². The standard InChI is InChI=1S/C24H16F3NO/c1-15-20(23(29)17-11-6-3-7-12-17)21(16-9-4-2-5-10-16)18-13-8-14-19(22(18)28-15)24(25,26)27/h2-14H,1H3. The first-order valence-corrected chi connectivity index (χ1v) is 9.03. The maximum Gasteiger partial charge on any atom is 0.418 e. The van der Waals surface area contributed by atoms with Crippen LogP contribution in [0.25, 0.3) is 22.0 Å². The summed E-state index contributed by atoms with van der Waals surface area (Å²) in [5.41, 5.74) is 1.21. The number of benzene rings is 3. The number of fused-ring (bicyclic) bond motifs is 1. The van der Waals surface area contributed by atoms with Crippen LogP contribution in [0, 0.1) is 6.92 Å². The molecule has 3 aromatic carbocycles. The van der Waals surface area contributed by atoms with Gasteiger partial charge in [-0.15, -0.1) is 0 Å². The van der Waals surface area contributed by atoms with Crippen molar-refractivity contribution >= 4 is 16.7 Å². The Morgan fingerprint density at radius 1 is 0.828 bits per heavy atom. The molecule has 144 valence electrons. The number of ketones is 1. The number of rotatable bonds is 3. The molecule has 0 saturated heterocycles. The lowest BCUT2D eigenvalue weighted by molar-refractivity contribution is -0.136. The van der Waals surface area contributed by atoms with Gasteiger partial charge in [-0.25, -0.2) is 0 Å². The van der Waals surface area contributed by atoms with Gasteiger partial charge in [0.15, 0.2) is 5.78 Å². The van der Waals surface area contributed by atoms with E-state index in [1.165, 1.54) is 6.07 Å². The Balaban J connectivity index is 2.12. The summed E-state index contributed by atoms with van der Waals surface area (Å²) in [7, 11) is 0. The molecule has 2 nitrogen and oxygen atoms in total. The molecule has 0 atom stereocenters. The monoisotopic (exact) mass is 391 g/mol. The molecule has 4 rings (SSSR count). The molecule has 0 amide bonds. The van der Waals surface area contributed by atoms with Crippen molar-refractivity contribution in [2.45, 2.75) is 13.1 Å². The van der Waals surface area contributed by atoms with Crippen LogP contribution >= 0.6 is 0 Å². The maximum absolute atomic E-state index is 13.6. The number of pyridine rings is 1. The van der Waals surface area contributed by atoms with Crippen LogP contribution in [0.15, 0.2) is 78.9 Å². The number of alkyl halides is 3. The van der Waals surface area contributed by atoms with Crippen molar-refractivity contribution < 1.29 is 18.0 Å². The second-order valence-corrected chi connectivity index (χ2v) is 6.71. The fourth-order valence-corrected chi connectivity index (χ4v) is 3.55. The number of halogens is 3. The summed E-state index contributed by atoms with van der Waals surface area (Å²) >= 11 is 0. The molecule has 0 radical (unpaired) electrons. The van der Waals surface area contributed by atoms with Crippen LogP contribution in [0.4, 0.5) is 13.2 Å². The molecule has 0 N–H and O–H groups in total. The summed E-state index contributed by atoms with van der Waals surface area (Å²) in [5, 5.41) is 0.302. The number of hydrogen-bond donors (Lipinski definition) is 0. The number of nitrogens with zero attached hydrogens (tertiary/aromatic N) is 1. The predicted octanol–water partition coefficient (Wildman–Crippen LogP) is 6.46. The summed E-state index contributed by atoms with van der Waals surface area (Å²) in [6.07, 6.45) is -4.54. The molecule has 0 aliphatic heterocycles. The Morgan fingerprint density at radius 3 is 2.07 bits per heavy atom. The minimum atomic E-state index is -4.54. The molecule has 1 aromatic heterocycles. The van der Waals surface area contributed by atoms with Gasteiger partial charge in [-0.2, -0.15) is 13.2 Å². The zero-order valence-electron chi connectivity index (χ0n) is 15.5. The molecule has 0 aliphatic carbocycles. The van der Waals surface area contributed by atoms with E-state index in [9.17, 15) is 18.0 Å². The molecule has 5 heteroatoms. The number of carbonyl (C=O) groups excluding carboxylic acids is 1. The Hall–Kier alpha value is -3.47. The Morgan fingerprint density at radius 2 is 1.45 bits per heavy atom. The molecule has 0 spiro atoms. The second kappa shape index (κ2) is 7.17. The summed E-state index contributed by atoms with van der Waals surface area (Å²) < 4.78 is 40.8. The van der Waals surface area contributed by atoms with E-state index in [-0.39, 0.29) is 17.0 Å². The molecular weight excluding hydrogens is 375 g/mol. The highest BCUT2D eigenvalue weighted by molar-refractivity contribution is 6.17. The van der Waals surface area contributed by atoms with Gasteiger partial charge in [0.05, 0.1) is 16.6 Å².